The van der Waals surface area contributed by atoms with Crippen LogP contribution in [0.25, 0.3) is 4.96 Å². The summed E-state index contributed by atoms with van der Waals surface area (Å²) in [6, 6.07) is 0. The van der Waals surface area contributed by atoms with Crippen molar-refractivity contribution in [2.24, 2.45) is 0 Å². The Hall–Kier alpha value is -1.05. The molecule has 0 radical (unpaired) electrons. The normalized spacial score (nSPS) is 20.9. The molecular formula is C11H17N5OS. The van der Waals surface area contributed by atoms with Gasteiger partial charge in [0.05, 0.1) is 12.1 Å². The molecule has 0 bridgehead atoms. The predicted octanol–water partition coefficient (Wildman–Crippen LogP) is 1.14. The van der Waals surface area contributed by atoms with Crippen molar-refractivity contribution in [1.82, 2.24) is 25.1 Å². The molecule has 1 N–H and O–H groups in total. The summed E-state index contributed by atoms with van der Waals surface area (Å²) >= 11 is 1.58. The van der Waals surface area contributed by atoms with Gasteiger partial charge in [0.1, 0.15) is 5.01 Å². The summed E-state index contributed by atoms with van der Waals surface area (Å²) in [6.45, 7) is 5.75. The number of ether oxygens (including phenoxy) is 1. The lowest BCUT2D eigenvalue weighted by Gasteiger charge is -2.19. The largest absolute Gasteiger partial charge is 0.381 e. The molecule has 2 aromatic heterocycles. The molecule has 6 nitrogen and oxygen atoms in total. The van der Waals surface area contributed by atoms with Crippen LogP contribution in [0.1, 0.15) is 37.0 Å². The highest BCUT2D eigenvalue weighted by Crippen LogP contribution is 2.29. The van der Waals surface area contributed by atoms with Crippen molar-refractivity contribution in [3.05, 3.63) is 10.8 Å². The van der Waals surface area contributed by atoms with Gasteiger partial charge in [0, 0.05) is 12.5 Å². The van der Waals surface area contributed by atoms with Gasteiger partial charge in [-0.05, 0) is 27.3 Å². The number of hydrogen-bond acceptors (Lipinski definition) is 6. The molecular weight excluding hydrogens is 250 g/mol. The van der Waals surface area contributed by atoms with Crippen molar-refractivity contribution in [2.75, 3.05) is 20.3 Å². The summed E-state index contributed by atoms with van der Waals surface area (Å²) in [7, 11) is 1.94. The fourth-order valence-corrected chi connectivity index (χ4v) is 2.94. The average molecular weight is 267 g/mol. The standard InChI is InChI=1S/C11H17N5OS/c1-11(2,12-3)9-15-16-8(7-4-5-17-6-7)13-14-10(16)18-9/h7,12H,4-6H2,1-3H3. The third-order valence-corrected chi connectivity index (χ3v) is 4.69. The van der Waals surface area contributed by atoms with Crippen LogP contribution >= 0.6 is 11.3 Å². The van der Waals surface area contributed by atoms with Gasteiger partial charge in [-0.3, -0.25) is 0 Å². The van der Waals surface area contributed by atoms with Crippen LogP contribution in [-0.2, 0) is 10.3 Å². The molecule has 1 fully saturated rings. The Morgan fingerprint density at radius 1 is 1.44 bits per heavy atom. The molecule has 98 valence electrons. The number of rotatable bonds is 3. The predicted molar refractivity (Wildman–Crippen MR) is 68.9 cm³/mol. The minimum Gasteiger partial charge on any atom is -0.381 e. The second-order valence-electron chi connectivity index (χ2n) is 5.10. The quantitative estimate of drug-likeness (QED) is 0.903. The van der Waals surface area contributed by atoms with E-state index in [1.54, 1.807) is 11.3 Å². The van der Waals surface area contributed by atoms with Crippen LogP contribution < -0.4 is 5.32 Å². The molecule has 1 aliphatic rings. The monoisotopic (exact) mass is 267 g/mol. The summed E-state index contributed by atoms with van der Waals surface area (Å²) < 4.78 is 7.28. The van der Waals surface area contributed by atoms with E-state index in [9.17, 15) is 0 Å². The second kappa shape index (κ2) is 4.25. The van der Waals surface area contributed by atoms with Crippen molar-refractivity contribution in [2.45, 2.75) is 31.7 Å². The Morgan fingerprint density at radius 3 is 2.94 bits per heavy atom. The van der Waals surface area contributed by atoms with Gasteiger partial charge in [-0.2, -0.15) is 9.61 Å². The Morgan fingerprint density at radius 2 is 2.28 bits per heavy atom. The van der Waals surface area contributed by atoms with E-state index in [4.69, 9.17) is 4.74 Å². The first-order valence-electron chi connectivity index (χ1n) is 6.11. The van der Waals surface area contributed by atoms with Crippen molar-refractivity contribution in [1.29, 1.82) is 0 Å². The first-order chi connectivity index (χ1) is 8.62. The maximum absolute atomic E-state index is 5.41. The van der Waals surface area contributed by atoms with E-state index in [1.807, 2.05) is 11.6 Å². The highest BCUT2D eigenvalue weighted by Gasteiger charge is 2.28. The van der Waals surface area contributed by atoms with E-state index >= 15 is 0 Å². The van der Waals surface area contributed by atoms with Crippen LogP contribution in [0.5, 0.6) is 0 Å². The summed E-state index contributed by atoms with van der Waals surface area (Å²) in [5.74, 6) is 1.25. The zero-order valence-electron chi connectivity index (χ0n) is 10.8. The van der Waals surface area contributed by atoms with Gasteiger partial charge in [-0.15, -0.1) is 10.2 Å². The van der Waals surface area contributed by atoms with Crippen LogP contribution in [-0.4, -0.2) is 40.1 Å². The Kier molecular flexibility index (Phi) is 2.84. The van der Waals surface area contributed by atoms with Gasteiger partial charge in [0.15, 0.2) is 5.82 Å². The SMILES string of the molecule is CNC(C)(C)c1nn2c(C3CCOC3)nnc2s1. The molecule has 1 atom stereocenters. The third-order valence-electron chi connectivity index (χ3n) is 3.47. The fraction of sp³-hybridized carbons (Fsp3) is 0.727. The molecule has 18 heavy (non-hydrogen) atoms. The van der Waals surface area contributed by atoms with Gasteiger partial charge in [0.25, 0.3) is 0 Å². The van der Waals surface area contributed by atoms with Gasteiger partial charge in [-0.25, -0.2) is 0 Å². The van der Waals surface area contributed by atoms with E-state index in [-0.39, 0.29) is 5.54 Å². The maximum Gasteiger partial charge on any atom is 0.234 e. The smallest absolute Gasteiger partial charge is 0.234 e. The molecule has 3 rings (SSSR count). The lowest BCUT2D eigenvalue weighted by atomic mass is 10.1. The van der Waals surface area contributed by atoms with Crippen molar-refractivity contribution in [3.8, 4) is 0 Å². The van der Waals surface area contributed by atoms with Crippen LogP contribution in [0.4, 0.5) is 0 Å². The Bertz CT molecular complexity index is 555. The van der Waals surface area contributed by atoms with Gasteiger partial charge in [-0.1, -0.05) is 11.3 Å². The molecule has 1 unspecified atom stereocenters. The van der Waals surface area contributed by atoms with E-state index in [0.29, 0.717) is 5.92 Å². The van der Waals surface area contributed by atoms with Crippen LogP contribution in [0.15, 0.2) is 0 Å². The van der Waals surface area contributed by atoms with Gasteiger partial charge in [0.2, 0.25) is 4.96 Å². The molecule has 1 saturated heterocycles. The Labute approximate surface area is 109 Å². The second-order valence-corrected chi connectivity index (χ2v) is 6.05. The minimum atomic E-state index is -0.144. The molecule has 0 aromatic carbocycles. The van der Waals surface area contributed by atoms with Crippen molar-refractivity contribution in [3.63, 3.8) is 0 Å². The summed E-state index contributed by atoms with van der Waals surface area (Å²) in [5, 5.41) is 17.4. The highest BCUT2D eigenvalue weighted by molar-refractivity contribution is 7.16. The first kappa shape index (κ1) is 12.0. The van der Waals surface area contributed by atoms with Crippen LogP contribution in [0.2, 0.25) is 0 Å². The average Bonchev–Trinajstić information content (AvgIpc) is 3.03. The zero-order chi connectivity index (χ0) is 12.8. The third kappa shape index (κ3) is 1.82. The highest BCUT2D eigenvalue weighted by atomic mass is 32.1. The van der Waals surface area contributed by atoms with Crippen LogP contribution in [0.3, 0.4) is 0 Å². The van der Waals surface area contributed by atoms with Gasteiger partial charge >= 0.3 is 0 Å². The van der Waals surface area contributed by atoms with Crippen molar-refractivity contribution < 1.29 is 4.74 Å². The first-order valence-corrected chi connectivity index (χ1v) is 6.93. The lowest BCUT2D eigenvalue weighted by Crippen LogP contribution is -2.33. The molecule has 3 heterocycles. The minimum absolute atomic E-state index is 0.144. The summed E-state index contributed by atoms with van der Waals surface area (Å²) in [4.78, 5) is 0.857. The zero-order valence-corrected chi connectivity index (χ0v) is 11.6. The van der Waals surface area contributed by atoms with Gasteiger partial charge < -0.3 is 10.1 Å². The summed E-state index contributed by atoms with van der Waals surface area (Å²) in [6.07, 6.45) is 1.00. The fourth-order valence-electron chi connectivity index (χ4n) is 1.98. The Balaban J connectivity index is 2.02. The molecule has 0 spiro atoms. The number of nitrogens with zero attached hydrogens (tertiary/aromatic N) is 4. The van der Waals surface area contributed by atoms with E-state index < -0.39 is 0 Å². The molecule has 1 aliphatic heterocycles. The van der Waals surface area contributed by atoms with E-state index in [0.717, 1.165) is 35.4 Å². The van der Waals surface area contributed by atoms with E-state index in [2.05, 4.69) is 34.5 Å². The topological polar surface area (TPSA) is 64.3 Å². The van der Waals surface area contributed by atoms with Crippen molar-refractivity contribution >= 4 is 16.3 Å². The molecule has 0 amide bonds. The number of nitrogens with one attached hydrogen (secondary N) is 1. The number of fused-ring (bicyclic) bond motifs is 1. The number of hydrogen-bond donors (Lipinski definition) is 1. The molecule has 2 aromatic rings. The maximum atomic E-state index is 5.41. The number of aromatic nitrogens is 4. The van der Waals surface area contributed by atoms with Crippen LogP contribution in [0, 0.1) is 0 Å². The molecule has 0 saturated carbocycles. The van der Waals surface area contributed by atoms with E-state index in [1.165, 1.54) is 0 Å². The summed E-state index contributed by atoms with van der Waals surface area (Å²) in [5.41, 5.74) is -0.144. The lowest BCUT2D eigenvalue weighted by molar-refractivity contribution is 0.193. The molecule has 0 aliphatic carbocycles. The molecule has 7 heteroatoms.